The Hall–Kier alpha value is -1.69. The molecule has 0 aliphatic heterocycles. The van der Waals surface area contributed by atoms with Crippen LogP contribution in [0.25, 0.3) is 0 Å². The molecule has 1 aromatic rings. The predicted octanol–water partition coefficient (Wildman–Crippen LogP) is 1.83. The topological polar surface area (TPSA) is 64.4 Å². The molecule has 1 amide bonds. The SMILES string of the molecule is CC(C)C[C@H](N)C(=O)NCCOc1ccc(F)c(F)c1. The van der Waals surface area contributed by atoms with Gasteiger partial charge in [0, 0.05) is 6.07 Å². The molecule has 20 heavy (non-hydrogen) atoms. The predicted molar refractivity (Wildman–Crippen MR) is 72.3 cm³/mol. The van der Waals surface area contributed by atoms with Crippen molar-refractivity contribution in [3.05, 3.63) is 29.8 Å². The summed E-state index contributed by atoms with van der Waals surface area (Å²) in [6.45, 7) is 4.38. The highest BCUT2D eigenvalue weighted by Crippen LogP contribution is 2.14. The van der Waals surface area contributed by atoms with E-state index in [4.69, 9.17) is 10.5 Å². The van der Waals surface area contributed by atoms with Gasteiger partial charge < -0.3 is 15.8 Å². The lowest BCUT2D eigenvalue weighted by molar-refractivity contribution is -0.122. The highest BCUT2D eigenvalue weighted by atomic mass is 19.2. The van der Waals surface area contributed by atoms with E-state index in [9.17, 15) is 13.6 Å². The van der Waals surface area contributed by atoms with E-state index in [2.05, 4.69) is 5.32 Å². The summed E-state index contributed by atoms with van der Waals surface area (Å²) in [6, 6.07) is 2.73. The number of amides is 1. The number of nitrogens with one attached hydrogen (secondary N) is 1. The van der Waals surface area contributed by atoms with Crippen LogP contribution in [0.1, 0.15) is 20.3 Å². The fraction of sp³-hybridized carbons (Fsp3) is 0.500. The van der Waals surface area contributed by atoms with Crippen LogP contribution in [0.15, 0.2) is 18.2 Å². The molecule has 0 bridgehead atoms. The fourth-order valence-electron chi connectivity index (χ4n) is 1.66. The number of hydrogen-bond donors (Lipinski definition) is 2. The van der Waals surface area contributed by atoms with E-state index >= 15 is 0 Å². The van der Waals surface area contributed by atoms with E-state index in [1.165, 1.54) is 6.07 Å². The molecule has 0 aromatic heterocycles. The minimum absolute atomic E-state index is 0.158. The standard InChI is InChI=1S/C14H20F2N2O2/c1-9(2)7-13(17)14(19)18-5-6-20-10-3-4-11(15)12(16)8-10/h3-4,8-9,13H,5-7,17H2,1-2H3,(H,18,19)/t13-/m0/s1. The summed E-state index contributed by atoms with van der Waals surface area (Å²) < 4.78 is 30.8. The van der Waals surface area contributed by atoms with Crippen LogP contribution >= 0.6 is 0 Å². The van der Waals surface area contributed by atoms with Crippen molar-refractivity contribution in [3.8, 4) is 5.75 Å². The first kappa shape index (κ1) is 16.4. The number of nitrogens with two attached hydrogens (primary N) is 1. The van der Waals surface area contributed by atoms with Gasteiger partial charge in [0.15, 0.2) is 11.6 Å². The van der Waals surface area contributed by atoms with E-state index in [1.54, 1.807) is 0 Å². The molecule has 0 radical (unpaired) electrons. The molecule has 4 nitrogen and oxygen atoms in total. The maximum absolute atomic E-state index is 12.9. The minimum Gasteiger partial charge on any atom is -0.492 e. The van der Waals surface area contributed by atoms with Gasteiger partial charge in [-0.25, -0.2) is 8.78 Å². The summed E-state index contributed by atoms with van der Waals surface area (Å²) in [7, 11) is 0. The van der Waals surface area contributed by atoms with E-state index in [1.807, 2.05) is 13.8 Å². The number of carbonyl (C=O) groups excluding carboxylic acids is 1. The lowest BCUT2D eigenvalue weighted by atomic mass is 10.0. The third-order valence-electron chi connectivity index (χ3n) is 2.62. The van der Waals surface area contributed by atoms with Crippen LogP contribution in [0.5, 0.6) is 5.75 Å². The molecule has 0 heterocycles. The monoisotopic (exact) mass is 286 g/mol. The summed E-state index contributed by atoms with van der Waals surface area (Å²) in [4.78, 5) is 11.6. The Morgan fingerprint density at radius 1 is 1.35 bits per heavy atom. The normalized spacial score (nSPS) is 12.3. The molecule has 0 unspecified atom stereocenters. The zero-order valence-corrected chi connectivity index (χ0v) is 11.7. The zero-order chi connectivity index (χ0) is 15.1. The second kappa shape index (κ2) is 7.79. The summed E-state index contributed by atoms with van der Waals surface area (Å²) in [5.41, 5.74) is 5.70. The Kier molecular flexibility index (Phi) is 6.38. The molecule has 0 saturated heterocycles. The largest absolute Gasteiger partial charge is 0.492 e. The molecule has 6 heteroatoms. The molecule has 1 rings (SSSR count). The quantitative estimate of drug-likeness (QED) is 0.752. The Labute approximate surface area is 117 Å². The molecule has 0 saturated carbocycles. The smallest absolute Gasteiger partial charge is 0.237 e. The summed E-state index contributed by atoms with van der Waals surface area (Å²) in [5.74, 6) is -1.58. The van der Waals surface area contributed by atoms with Crippen LogP contribution in [0.2, 0.25) is 0 Å². The molecule has 0 spiro atoms. The lowest BCUT2D eigenvalue weighted by Gasteiger charge is -2.14. The van der Waals surface area contributed by atoms with Crippen molar-refractivity contribution >= 4 is 5.91 Å². The van der Waals surface area contributed by atoms with Crippen molar-refractivity contribution in [2.45, 2.75) is 26.3 Å². The van der Waals surface area contributed by atoms with E-state index in [0.717, 1.165) is 12.1 Å². The molecule has 0 fully saturated rings. The lowest BCUT2D eigenvalue weighted by Crippen LogP contribution is -2.42. The molecular weight excluding hydrogens is 266 g/mol. The van der Waals surface area contributed by atoms with Crippen LogP contribution in [-0.2, 0) is 4.79 Å². The van der Waals surface area contributed by atoms with Gasteiger partial charge in [0.2, 0.25) is 5.91 Å². The van der Waals surface area contributed by atoms with Crippen molar-refractivity contribution in [1.82, 2.24) is 5.32 Å². The van der Waals surface area contributed by atoms with E-state index in [-0.39, 0.29) is 24.8 Å². The van der Waals surface area contributed by atoms with Crippen LogP contribution in [0, 0.1) is 17.6 Å². The van der Waals surface area contributed by atoms with Crippen LogP contribution in [-0.4, -0.2) is 25.1 Å². The fourth-order valence-corrected chi connectivity index (χ4v) is 1.66. The van der Waals surface area contributed by atoms with Gasteiger partial charge in [0.25, 0.3) is 0 Å². The second-order valence-corrected chi connectivity index (χ2v) is 4.95. The highest BCUT2D eigenvalue weighted by molar-refractivity contribution is 5.81. The van der Waals surface area contributed by atoms with Crippen molar-refractivity contribution in [1.29, 1.82) is 0 Å². The Morgan fingerprint density at radius 3 is 2.65 bits per heavy atom. The Balaban J connectivity index is 2.27. The van der Waals surface area contributed by atoms with Crippen molar-refractivity contribution < 1.29 is 18.3 Å². The van der Waals surface area contributed by atoms with Gasteiger partial charge in [-0.2, -0.15) is 0 Å². The number of hydrogen-bond acceptors (Lipinski definition) is 3. The van der Waals surface area contributed by atoms with Crippen LogP contribution in [0.3, 0.4) is 0 Å². The van der Waals surface area contributed by atoms with Crippen LogP contribution < -0.4 is 15.8 Å². The van der Waals surface area contributed by atoms with E-state index < -0.39 is 17.7 Å². The maximum atomic E-state index is 12.9. The van der Waals surface area contributed by atoms with Gasteiger partial charge in [-0.15, -0.1) is 0 Å². The minimum atomic E-state index is -0.967. The van der Waals surface area contributed by atoms with Crippen molar-refractivity contribution in [2.75, 3.05) is 13.2 Å². The summed E-state index contributed by atoms with van der Waals surface area (Å²) in [5, 5.41) is 2.63. The summed E-state index contributed by atoms with van der Waals surface area (Å²) in [6.07, 6.45) is 0.607. The zero-order valence-electron chi connectivity index (χ0n) is 11.7. The first-order chi connectivity index (χ1) is 9.40. The van der Waals surface area contributed by atoms with Gasteiger partial charge in [-0.3, -0.25) is 4.79 Å². The third kappa shape index (κ3) is 5.52. The van der Waals surface area contributed by atoms with Gasteiger partial charge in [-0.05, 0) is 24.5 Å². The number of halogens is 2. The van der Waals surface area contributed by atoms with Gasteiger partial charge in [0.05, 0.1) is 12.6 Å². The van der Waals surface area contributed by atoms with Gasteiger partial charge >= 0.3 is 0 Å². The molecule has 0 aliphatic carbocycles. The highest BCUT2D eigenvalue weighted by Gasteiger charge is 2.14. The Bertz CT molecular complexity index is 453. The average Bonchev–Trinajstić information content (AvgIpc) is 2.37. The molecule has 112 valence electrons. The second-order valence-electron chi connectivity index (χ2n) is 4.95. The number of ether oxygens (including phenoxy) is 1. The van der Waals surface area contributed by atoms with Crippen LogP contribution in [0.4, 0.5) is 8.78 Å². The summed E-state index contributed by atoms with van der Waals surface area (Å²) >= 11 is 0. The first-order valence-electron chi connectivity index (χ1n) is 6.51. The van der Waals surface area contributed by atoms with Gasteiger partial charge in [-0.1, -0.05) is 13.8 Å². The molecule has 1 aromatic carbocycles. The first-order valence-corrected chi connectivity index (χ1v) is 6.51. The van der Waals surface area contributed by atoms with Crippen molar-refractivity contribution in [2.24, 2.45) is 11.7 Å². The Morgan fingerprint density at radius 2 is 2.05 bits per heavy atom. The van der Waals surface area contributed by atoms with Crippen molar-refractivity contribution in [3.63, 3.8) is 0 Å². The molecule has 1 atom stereocenters. The molecular formula is C14H20F2N2O2. The number of benzene rings is 1. The molecule has 3 N–H and O–H groups in total. The average molecular weight is 286 g/mol. The van der Waals surface area contributed by atoms with E-state index in [0.29, 0.717) is 12.3 Å². The molecule has 0 aliphatic rings. The third-order valence-corrected chi connectivity index (χ3v) is 2.62. The number of rotatable bonds is 7. The maximum Gasteiger partial charge on any atom is 0.237 e. The number of carbonyl (C=O) groups is 1. The van der Waals surface area contributed by atoms with Gasteiger partial charge in [0.1, 0.15) is 12.4 Å².